The Kier molecular flexibility index (Phi) is 5.14. The average molecular weight is 321 g/mol. The van der Waals surface area contributed by atoms with Gasteiger partial charge >= 0.3 is 0 Å². The third kappa shape index (κ3) is 3.86. The molecule has 0 unspecified atom stereocenters. The maximum absolute atomic E-state index is 12.3. The van der Waals surface area contributed by atoms with Crippen LogP contribution in [0.4, 0.5) is 0 Å². The highest BCUT2D eigenvalue weighted by atomic mass is 35.5. The largest absolute Gasteiger partial charge is 0.326 e. The van der Waals surface area contributed by atoms with Crippen molar-refractivity contribution in [2.75, 3.05) is 11.5 Å². The Labute approximate surface area is 123 Å². The van der Waals surface area contributed by atoms with E-state index in [4.69, 9.17) is 17.3 Å². The second-order valence-electron chi connectivity index (χ2n) is 4.48. The Morgan fingerprint density at radius 2 is 2.05 bits per heavy atom. The van der Waals surface area contributed by atoms with E-state index in [1.807, 2.05) is 11.8 Å². The minimum absolute atomic E-state index is 0.00356. The smallest absolute Gasteiger partial charge is 0.242 e. The van der Waals surface area contributed by atoms with Crippen LogP contribution in [-0.2, 0) is 16.6 Å². The van der Waals surface area contributed by atoms with Crippen molar-refractivity contribution in [2.24, 2.45) is 5.73 Å². The van der Waals surface area contributed by atoms with E-state index in [1.54, 1.807) is 18.2 Å². The number of sulfonamides is 1. The van der Waals surface area contributed by atoms with Crippen LogP contribution in [0.15, 0.2) is 23.1 Å². The molecule has 1 heterocycles. The summed E-state index contributed by atoms with van der Waals surface area (Å²) in [4.78, 5) is 0.121. The van der Waals surface area contributed by atoms with E-state index >= 15 is 0 Å². The molecule has 0 spiro atoms. The van der Waals surface area contributed by atoms with Gasteiger partial charge in [0, 0.05) is 12.6 Å². The Balaban J connectivity index is 2.23. The van der Waals surface area contributed by atoms with Crippen LogP contribution < -0.4 is 10.5 Å². The molecule has 0 amide bonds. The molecule has 1 aromatic carbocycles. The Hall–Kier alpha value is -0.270. The molecule has 0 aliphatic carbocycles. The van der Waals surface area contributed by atoms with Gasteiger partial charge in [-0.05, 0) is 42.0 Å². The second kappa shape index (κ2) is 6.45. The normalized spacial score (nSPS) is 17.6. The number of benzene rings is 1. The Morgan fingerprint density at radius 1 is 1.37 bits per heavy atom. The molecule has 7 heteroatoms. The highest BCUT2D eigenvalue weighted by molar-refractivity contribution is 7.99. The molecule has 1 saturated heterocycles. The summed E-state index contributed by atoms with van der Waals surface area (Å²) in [5.41, 5.74) is 6.29. The lowest BCUT2D eigenvalue weighted by molar-refractivity contribution is 0.529. The summed E-state index contributed by atoms with van der Waals surface area (Å²) in [6.07, 6.45) is 1.72. The zero-order valence-electron chi connectivity index (χ0n) is 10.4. The fourth-order valence-electron chi connectivity index (χ4n) is 1.98. The van der Waals surface area contributed by atoms with Gasteiger partial charge in [-0.1, -0.05) is 17.7 Å². The summed E-state index contributed by atoms with van der Waals surface area (Å²) in [5.74, 6) is 1.98. The second-order valence-corrected chi connectivity index (χ2v) is 7.79. The van der Waals surface area contributed by atoms with Gasteiger partial charge in [-0.25, -0.2) is 13.1 Å². The number of hydrogen-bond acceptors (Lipinski definition) is 4. The number of thioether (sulfide) groups is 1. The number of halogens is 1. The topological polar surface area (TPSA) is 72.2 Å². The molecule has 1 fully saturated rings. The van der Waals surface area contributed by atoms with Crippen molar-refractivity contribution in [3.63, 3.8) is 0 Å². The maximum atomic E-state index is 12.3. The molecular weight excluding hydrogens is 304 g/mol. The van der Waals surface area contributed by atoms with E-state index < -0.39 is 10.0 Å². The molecule has 0 atom stereocenters. The zero-order valence-corrected chi connectivity index (χ0v) is 12.8. The van der Waals surface area contributed by atoms with E-state index in [-0.39, 0.29) is 16.0 Å². The highest BCUT2D eigenvalue weighted by Crippen LogP contribution is 2.24. The highest BCUT2D eigenvalue weighted by Gasteiger charge is 2.24. The maximum Gasteiger partial charge on any atom is 0.242 e. The quantitative estimate of drug-likeness (QED) is 0.889. The van der Waals surface area contributed by atoms with Crippen LogP contribution in [0.2, 0.25) is 5.02 Å². The van der Waals surface area contributed by atoms with Crippen molar-refractivity contribution in [3.05, 3.63) is 28.8 Å². The van der Waals surface area contributed by atoms with E-state index in [9.17, 15) is 8.42 Å². The first kappa shape index (κ1) is 15.1. The molecule has 1 aromatic rings. The minimum Gasteiger partial charge on any atom is -0.326 e. The van der Waals surface area contributed by atoms with Crippen LogP contribution in [-0.4, -0.2) is 26.0 Å². The van der Waals surface area contributed by atoms with Gasteiger partial charge in [0.1, 0.15) is 4.90 Å². The first-order chi connectivity index (χ1) is 9.03. The number of nitrogens with two attached hydrogens (primary N) is 1. The third-order valence-corrected chi connectivity index (χ3v) is 6.11. The first-order valence-electron chi connectivity index (χ1n) is 6.11. The molecule has 1 aliphatic heterocycles. The lowest BCUT2D eigenvalue weighted by atomic mass is 10.2. The molecule has 3 N–H and O–H groups in total. The summed E-state index contributed by atoms with van der Waals surface area (Å²) in [6, 6.07) is 4.86. The van der Waals surface area contributed by atoms with Crippen LogP contribution in [0.25, 0.3) is 0 Å². The number of rotatable bonds is 4. The monoisotopic (exact) mass is 320 g/mol. The van der Waals surface area contributed by atoms with Crippen LogP contribution in [0, 0.1) is 0 Å². The summed E-state index contributed by atoms with van der Waals surface area (Å²) in [6.45, 7) is 0.291. The number of hydrogen-bond donors (Lipinski definition) is 2. The SMILES string of the molecule is NCc1ccc(Cl)c(S(=O)(=O)NC2CCSCC2)c1. The fourth-order valence-corrected chi connectivity index (χ4v) is 4.94. The molecule has 19 heavy (non-hydrogen) atoms. The van der Waals surface area contributed by atoms with E-state index in [0.717, 1.165) is 29.9 Å². The minimum atomic E-state index is -3.57. The fraction of sp³-hybridized carbons (Fsp3) is 0.500. The molecular formula is C12H17ClN2O2S2. The lowest BCUT2D eigenvalue weighted by Gasteiger charge is -2.22. The number of nitrogens with one attached hydrogen (secondary N) is 1. The van der Waals surface area contributed by atoms with Crippen molar-refractivity contribution in [1.82, 2.24) is 4.72 Å². The van der Waals surface area contributed by atoms with Gasteiger partial charge < -0.3 is 5.73 Å². The Bertz CT molecular complexity index is 543. The molecule has 1 aliphatic rings. The van der Waals surface area contributed by atoms with Gasteiger partial charge in [0.25, 0.3) is 0 Å². The molecule has 2 rings (SSSR count). The predicted molar refractivity (Wildman–Crippen MR) is 80.0 cm³/mol. The summed E-state index contributed by atoms with van der Waals surface area (Å²) in [7, 11) is -3.57. The van der Waals surface area contributed by atoms with Crippen molar-refractivity contribution >= 4 is 33.4 Å². The molecule has 106 valence electrons. The van der Waals surface area contributed by atoms with Gasteiger partial charge in [0.05, 0.1) is 5.02 Å². The molecule has 0 saturated carbocycles. The molecule has 0 radical (unpaired) electrons. The predicted octanol–water partition coefficient (Wildman–Crippen LogP) is 1.97. The van der Waals surface area contributed by atoms with Crippen LogP contribution in [0.3, 0.4) is 0 Å². The van der Waals surface area contributed by atoms with E-state index in [2.05, 4.69) is 4.72 Å². The van der Waals surface area contributed by atoms with Gasteiger partial charge in [-0.3, -0.25) is 0 Å². The van der Waals surface area contributed by atoms with Crippen molar-refractivity contribution in [3.8, 4) is 0 Å². The molecule has 0 aromatic heterocycles. The standard InChI is InChI=1S/C12H17ClN2O2S2/c13-11-2-1-9(8-14)7-12(11)19(16,17)15-10-3-5-18-6-4-10/h1-2,7,10,15H,3-6,8,14H2. The summed E-state index contributed by atoms with van der Waals surface area (Å²) in [5, 5.41) is 0.231. The van der Waals surface area contributed by atoms with Gasteiger partial charge in [0.2, 0.25) is 10.0 Å². The lowest BCUT2D eigenvalue weighted by Crippen LogP contribution is -2.37. The van der Waals surface area contributed by atoms with E-state index in [1.165, 1.54) is 0 Å². The van der Waals surface area contributed by atoms with Crippen molar-refractivity contribution in [2.45, 2.75) is 30.3 Å². The molecule has 0 bridgehead atoms. The van der Waals surface area contributed by atoms with E-state index in [0.29, 0.717) is 6.54 Å². The first-order valence-corrected chi connectivity index (χ1v) is 9.13. The van der Waals surface area contributed by atoms with Crippen LogP contribution in [0.5, 0.6) is 0 Å². The zero-order chi connectivity index (χ0) is 13.9. The van der Waals surface area contributed by atoms with Gasteiger partial charge in [-0.15, -0.1) is 0 Å². The summed E-state index contributed by atoms with van der Waals surface area (Å²) < 4.78 is 27.4. The Morgan fingerprint density at radius 3 is 2.68 bits per heavy atom. The van der Waals surface area contributed by atoms with Crippen molar-refractivity contribution < 1.29 is 8.42 Å². The van der Waals surface area contributed by atoms with Gasteiger partial charge in [-0.2, -0.15) is 11.8 Å². The van der Waals surface area contributed by atoms with Crippen LogP contribution in [0.1, 0.15) is 18.4 Å². The van der Waals surface area contributed by atoms with Crippen LogP contribution >= 0.6 is 23.4 Å². The third-order valence-electron chi connectivity index (χ3n) is 3.06. The van der Waals surface area contributed by atoms with Gasteiger partial charge in [0.15, 0.2) is 0 Å². The summed E-state index contributed by atoms with van der Waals surface area (Å²) >= 11 is 7.84. The average Bonchev–Trinajstić information content (AvgIpc) is 2.39. The van der Waals surface area contributed by atoms with Crippen molar-refractivity contribution in [1.29, 1.82) is 0 Å². The molecule has 4 nitrogen and oxygen atoms in total.